The fourth-order valence-corrected chi connectivity index (χ4v) is 1.98. The number of nitrogens with zero attached hydrogens (tertiary/aromatic N) is 2. The third kappa shape index (κ3) is 3.55. The molecule has 0 aliphatic rings. The molecule has 0 radical (unpaired) electrons. The second kappa shape index (κ2) is 5.77. The van der Waals surface area contributed by atoms with Crippen molar-refractivity contribution in [1.29, 1.82) is 0 Å². The molecule has 3 nitrogen and oxygen atoms in total. The molecule has 0 aliphatic heterocycles. The summed E-state index contributed by atoms with van der Waals surface area (Å²) in [6.07, 6.45) is -4.25. The van der Waals surface area contributed by atoms with Gasteiger partial charge in [0.25, 0.3) is 0 Å². The Hall–Kier alpha value is -2.02. The van der Waals surface area contributed by atoms with Crippen molar-refractivity contribution in [3.63, 3.8) is 0 Å². The van der Waals surface area contributed by atoms with Crippen LogP contribution in [0.4, 0.5) is 17.6 Å². The van der Waals surface area contributed by atoms with Crippen LogP contribution in [-0.2, 0) is 12.6 Å². The molecule has 0 spiro atoms. The molecule has 0 atom stereocenters. The highest BCUT2D eigenvalue weighted by Crippen LogP contribution is 2.36. The highest BCUT2D eigenvalue weighted by atomic mass is 19.4. The van der Waals surface area contributed by atoms with Crippen LogP contribution >= 0.6 is 0 Å². The SMILES string of the molecule is Cc1cc(CCN)nc(-c2ccc(F)cc2C(F)(F)F)n1. The maximum absolute atomic E-state index is 13.1. The molecule has 21 heavy (non-hydrogen) atoms. The molecule has 7 heteroatoms. The summed E-state index contributed by atoms with van der Waals surface area (Å²) in [5, 5.41) is 0. The summed E-state index contributed by atoms with van der Waals surface area (Å²) >= 11 is 0. The van der Waals surface area contributed by atoms with E-state index in [-0.39, 0.29) is 11.4 Å². The van der Waals surface area contributed by atoms with Gasteiger partial charge in [0.15, 0.2) is 5.82 Å². The fraction of sp³-hybridized carbons (Fsp3) is 0.286. The molecule has 112 valence electrons. The molecule has 1 aromatic carbocycles. The second-order valence-electron chi connectivity index (χ2n) is 4.55. The van der Waals surface area contributed by atoms with Crippen molar-refractivity contribution in [3.8, 4) is 11.4 Å². The topological polar surface area (TPSA) is 51.8 Å². The first-order valence-electron chi connectivity index (χ1n) is 6.23. The molecule has 0 unspecified atom stereocenters. The van der Waals surface area contributed by atoms with Crippen molar-refractivity contribution < 1.29 is 17.6 Å². The Morgan fingerprint density at radius 3 is 2.48 bits per heavy atom. The molecule has 0 fully saturated rings. The van der Waals surface area contributed by atoms with E-state index in [9.17, 15) is 17.6 Å². The molecule has 0 amide bonds. The Kier molecular flexibility index (Phi) is 4.22. The summed E-state index contributed by atoms with van der Waals surface area (Å²) in [6, 6.07) is 4.11. The molecule has 2 N–H and O–H groups in total. The molecule has 0 saturated heterocycles. The first-order chi connectivity index (χ1) is 9.81. The Balaban J connectivity index is 2.61. The van der Waals surface area contributed by atoms with Crippen molar-refractivity contribution in [1.82, 2.24) is 9.97 Å². The van der Waals surface area contributed by atoms with Crippen LogP contribution in [0.3, 0.4) is 0 Å². The molecule has 0 aliphatic carbocycles. The lowest BCUT2D eigenvalue weighted by Crippen LogP contribution is -2.11. The highest BCUT2D eigenvalue weighted by molar-refractivity contribution is 5.61. The van der Waals surface area contributed by atoms with E-state index >= 15 is 0 Å². The van der Waals surface area contributed by atoms with E-state index in [1.165, 1.54) is 0 Å². The Labute approximate surface area is 118 Å². The lowest BCUT2D eigenvalue weighted by molar-refractivity contribution is -0.137. The zero-order valence-electron chi connectivity index (χ0n) is 11.2. The molecule has 2 rings (SSSR count). The van der Waals surface area contributed by atoms with Crippen molar-refractivity contribution in [2.75, 3.05) is 6.54 Å². The summed E-state index contributed by atoms with van der Waals surface area (Å²) in [5.41, 5.74) is 5.17. The van der Waals surface area contributed by atoms with Gasteiger partial charge < -0.3 is 5.73 Å². The number of aromatic nitrogens is 2. The Morgan fingerprint density at radius 1 is 1.14 bits per heavy atom. The molecule has 1 heterocycles. The monoisotopic (exact) mass is 299 g/mol. The van der Waals surface area contributed by atoms with Crippen molar-refractivity contribution >= 4 is 0 Å². The molecule has 1 aromatic heterocycles. The molecule has 2 aromatic rings. The smallest absolute Gasteiger partial charge is 0.330 e. The average Bonchev–Trinajstić information content (AvgIpc) is 2.37. The zero-order chi connectivity index (χ0) is 15.6. The highest BCUT2D eigenvalue weighted by Gasteiger charge is 2.35. The summed E-state index contributed by atoms with van der Waals surface area (Å²) in [7, 11) is 0. The maximum atomic E-state index is 13.1. The average molecular weight is 299 g/mol. The number of hydrogen-bond acceptors (Lipinski definition) is 3. The van der Waals surface area contributed by atoms with Gasteiger partial charge in [-0.1, -0.05) is 0 Å². The Bertz CT molecular complexity index is 653. The van der Waals surface area contributed by atoms with Crippen LogP contribution in [-0.4, -0.2) is 16.5 Å². The van der Waals surface area contributed by atoms with E-state index in [0.717, 1.165) is 12.1 Å². The van der Waals surface area contributed by atoms with E-state index in [2.05, 4.69) is 9.97 Å². The predicted octanol–water partition coefficient (Wildman–Crippen LogP) is 3.11. The van der Waals surface area contributed by atoms with Crippen molar-refractivity contribution in [2.24, 2.45) is 5.73 Å². The summed E-state index contributed by atoms with van der Waals surface area (Å²) in [4.78, 5) is 8.10. The quantitative estimate of drug-likeness (QED) is 0.886. The Morgan fingerprint density at radius 2 is 1.86 bits per heavy atom. The third-order valence-electron chi connectivity index (χ3n) is 2.84. The van der Waals surface area contributed by atoms with Gasteiger partial charge in [0.1, 0.15) is 5.82 Å². The lowest BCUT2D eigenvalue weighted by Gasteiger charge is -2.13. The van der Waals surface area contributed by atoms with Gasteiger partial charge in [-0.05, 0) is 37.7 Å². The number of hydrogen-bond donors (Lipinski definition) is 1. The lowest BCUT2D eigenvalue weighted by atomic mass is 10.1. The number of rotatable bonds is 3. The minimum Gasteiger partial charge on any atom is -0.330 e. The molecule has 0 bridgehead atoms. The zero-order valence-corrected chi connectivity index (χ0v) is 11.2. The van der Waals surface area contributed by atoms with Crippen molar-refractivity contribution in [3.05, 3.63) is 47.0 Å². The van der Waals surface area contributed by atoms with Gasteiger partial charge in [-0.25, -0.2) is 14.4 Å². The van der Waals surface area contributed by atoms with Gasteiger partial charge in [0, 0.05) is 23.4 Å². The first-order valence-corrected chi connectivity index (χ1v) is 6.23. The first kappa shape index (κ1) is 15.4. The van der Waals surface area contributed by atoms with Crippen LogP contribution in [0, 0.1) is 12.7 Å². The fourth-order valence-electron chi connectivity index (χ4n) is 1.98. The maximum Gasteiger partial charge on any atom is 0.417 e. The molecule has 0 saturated carbocycles. The largest absolute Gasteiger partial charge is 0.417 e. The van der Waals surface area contributed by atoms with E-state index < -0.39 is 17.6 Å². The van der Waals surface area contributed by atoms with E-state index in [1.807, 2.05) is 0 Å². The summed E-state index contributed by atoms with van der Waals surface area (Å²) < 4.78 is 52.2. The summed E-state index contributed by atoms with van der Waals surface area (Å²) in [6.45, 7) is 1.98. The normalized spacial score (nSPS) is 11.7. The van der Waals surface area contributed by atoms with Gasteiger partial charge >= 0.3 is 6.18 Å². The van der Waals surface area contributed by atoms with Crippen LogP contribution in [0.25, 0.3) is 11.4 Å². The predicted molar refractivity (Wildman–Crippen MR) is 69.9 cm³/mol. The van der Waals surface area contributed by atoms with Crippen LogP contribution < -0.4 is 5.73 Å². The minimum atomic E-state index is -4.68. The van der Waals surface area contributed by atoms with Crippen LogP contribution in [0.5, 0.6) is 0 Å². The molecular weight excluding hydrogens is 286 g/mol. The van der Waals surface area contributed by atoms with Crippen LogP contribution in [0.2, 0.25) is 0 Å². The third-order valence-corrected chi connectivity index (χ3v) is 2.84. The number of aryl methyl sites for hydroxylation is 1. The van der Waals surface area contributed by atoms with E-state index in [0.29, 0.717) is 30.4 Å². The van der Waals surface area contributed by atoms with Crippen molar-refractivity contribution in [2.45, 2.75) is 19.5 Å². The minimum absolute atomic E-state index is 0.0780. The molecular formula is C14H13F4N3. The van der Waals surface area contributed by atoms with E-state index in [1.54, 1.807) is 13.0 Å². The number of benzene rings is 1. The number of nitrogens with two attached hydrogens (primary N) is 1. The van der Waals surface area contributed by atoms with Gasteiger partial charge in [0.2, 0.25) is 0 Å². The van der Waals surface area contributed by atoms with Gasteiger partial charge in [0.05, 0.1) is 5.56 Å². The number of alkyl halides is 3. The van der Waals surface area contributed by atoms with Crippen LogP contribution in [0.15, 0.2) is 24.3 Å². The van der Waals surface area contributed by atoms with Gasteiger partial charge in [-0.3, -0.25) is 0 Å². The van der Waals surface area contributed by atoms with Gasteiger partial charge in [-0.15, -0.1) is 0 Å². The second-order valence-corrected chi connectivity index (χ2v) is 4.55. The number of halogens is 4. The van der Waals surface area contributed by atoms with Gasteiger partial charge in [-0.2, -0.15) is 13.2 Å². The summed E-state index contributed by atoms with van der Waals surface area (Å²) in [5.74, 6) is -1.04. The van der Waals surface area contributed by atoms with E-state index in [4.69, 9.17) is 5.73 Å². The standard InChI is InChI=1S/C14H13F4N3/c1-8-6-10(4-5-19)21-13(20-8)11-3-2-9(15)7-12(11)14(16,17)18/h2-3,6-7H,4-5,19H2,1H3. The van der Waals surface area contributed by atoms with Crippen LogP contribution in [0.1, 0.15) is 17.0 Å².